The molecule has 5 heteroatoms. The number of hydrogen-bond donors (Lipinski definition) is 1. The van der Waals surface area contributed by atoms with Crippen LogP contribution >= 0.6 is 0 Å². The molecule has 0 radical (unpaired) electrons. The van der Waals surface area contributed by atoms with E-state index < -0.39 is 0 Å². The Bertz CT molecular complexity index is 459. The summed E-state index contributed by atoms with van der Waals surface area (Å²) >= 11 is 0. The number of rotatable bonds is 3. The molecule has 0 aromatic carbocycles. The zero-order valence-electron chi connectivity index (χ0n) is 11.7. The van der Waals surface area contributed by atoms with Crippen LogP contribution in [-0.4, -0.2) is 63.7 Å². The van der Waals surface area contributed by atoms with Gasteiger partial charge in [-0.15, -0.1) is 0 Å². The van der Waals surface area contributed by atoms with Crippen LogP contribution in [0, 0.1) is 12.8 Å². The second-order valence-corrected chi connectivity index (χ2v) is 6.15. The van der Waals surface area contributed by atoms with Crippen LogP contribution in [0.5, 0.6) is 0 Å². The summed E-state index contributed by atoms with van der Waals surface area (Å²) in [5.74, 6) is 0.450. The lowest BCUT2D eigenvalue weighted by Crippen LogP contribution is -2.66. The minimum atomic E-state index is 0.296. The van der Waals surface area contributed by atoms with Crippen LogP contribution < -0.4 is 0 Å². The van der Waals surface area contributed by atoms with Gasteiger partial charge in [-0.3, -0.25) is 19.8 Å². The normalized spacial score (nSPS) is 26.8. The molecule has 1 atom stereocenters. The van der Waals surface area contributed by atoms with Crippen molar-refractivity contribution in [3.8, 4) is 0 Å². The molecule has 2 fully saturated rings. The molecule has 0 unspecified atom stereocenters. The summed E-state index contributed by atoms with van der Waals surface area (Å²) in [7, 11) is 2.18. The Hall–Kier alpha value is -1.04. The highest BCUT2D eigenvalue weighted by Gasteiger charge is 2.51. The number of aliphatic hydroxyl groups excluding tert-OH is 1. The van der Waals surface area contributed by atoms with Gasteiger partial charge in [-0.2, -0.15) is 0 Å². The quantitative estimate of drug-likeness (QED) is 0.848. The first-order chi connectivity index (χ1) is 9.11. The van der Waals surface area contributed by atoms with Gasteiger partial charge in [0.1, 0.15) is 0 Å². The van der Waals surface area contributed by atoms with Crippen molar-refractivity contribution in [2.45, 2.75) is 25.4 Å². The molecule has 1 aromatic heterocycles. The van der Waals surface area contributed by atoms with Gasteiger partial charge < -0.3 is 5.11 Å². The molecule has 19 heavy (non-hydrogen) atoms. The van der Waals surface area contributed by atoms with E-state index in [9.17, 15) is 5.11 Å². The maximum Gasteiger partial charge on any atom is 0.0730 e. The molecule has 5 nitrogen and oxygen atoms in total. The van der Waals surface area contributed by atoms with Gasteiger partial charge in [-0.25, -0.2) is 0 Å². The van der Waals surface area contributed by atoms with E-state index in [2.05, 4.69) is 26.8 Å². The van der Waals surface area contributed by atoms with Crippen LogP contribution in [-0.2, 0) is 6.54 Å². The Labute approximate surface area is 114 Å². The minimum absolute atomic E-state index is 0.296. The van der Waals surface area contributed by atoms with Crippen LogP contribution in [0.25, 0.3) is 0 Å². The van der Waals surface area contributed by atoms with Gasteiger partial charge in [0, 0.05) is 50.7 Å². The Kier molecular flexibility index (Phi) is 3.28. The summed E-state index contributed by atoms with van der Waals surface area (Å²) in [6, 6.07) is 0. The third kappa shape index (κ3) is 2.38. The molecular weight excluding hydrogens is 240 g/mol. The van der Waals surface area contributed by atoms with Crippen LogP contribution in [0.1, 0.15) is 17.8 Å². The maximum absolute atomic E-state index is 9.31. The van der Waals surface area contributed by atoms with Crippen molar-refractivity contribution in [3.63, 3.8) is 0 Å². The molecule has 0 bridgehead atoms. The summed E-state index contributed by atoms with van der Waals surface area (Å²) < 4.78 is 0. The number of likely N-dealkylation sites (N-methyl/N-ethyl adjacent to an activating group) is 1. The molecule has 1 aromatic rings. The van der Waals surface area contributed by atoms with Crippen molar-refractivity contribution >= 4 is 0 Å². The lowest BCUT2D eigenvalue weighted by atomic mass is 9.84. The van der Waals surface area contributed by atoms with E-state index in [1.807, 2.05) is 13.1 Å². The predicted octanol–water partition coefficient (Wildman–Crippen LogP) is 0.283. The van der Waals surface area contributed by atoms with Gasteiger partial charge in [0.05, 0.1) is 11.4 Å². The van der Waals surface area contributed by atoms with Crippen molar-refractivity contribution < 1.29 is 5.11 Å². The summed E-state index contributed by atoms with van der Waals surface area (Å²) in [5.41, 5.74) is 2.32. The average Bonchev–Trinajstić information content (AvgIpc) is 2.66. The van der Waals surface area contributed by atoms with Crippen LogP contribution in [0.2, 0.25) is 0 Å². The standard InChI is InChI=1S/C14H22N4O/c1-11-4-15-5-13(16-11)7-18-9-14(10-18)3-12(8-19)6-17(14)2/h4-5,12,19H,3,6-10H2,1-2H3/t12-/m0/s1. The van der Waals surface area contributed by atoms with E-state index in [4.69, 9.17) is 0 Å². The van der Waals surface area contributed by atoms with Crippen LogP contribution in [0.15, 0.2) is 12.4 Å². The van der Waals surface area contributed by atoms with E-state index in [0.29, 0.717) is 18.1 Å². The fourth-order valence-electron chi connectivity index (χ4n) is 3.55. The molecule has 1 N–H and O–H groups in total. The Morgan fingerprint density at radius 2 is 2.21 bits per heavy atom. The van der Waals surface area contributed by atoms with E-state index in [1.54, 1.807) is 6.20 Å². The SMILES string of the molecule is Cc1cncc(CN2CC3(C[C@H](CO)CN3C)C2)n1. The molecule has 2 aliphatic rings. The van der Waals surface area contributed by atoms with Gasteiger partial charge >= 0.3 is 0 Å². The van der Waals surface area contributed by atoms with Crippen molar-refractivity contribution in [1.82, 2.24) is 19.8 Å². The first kappa shape index (κ1) is 13.0. The number of nitrogens with zero attached hydrogens (tertiary/aromatic N) is 4. The first-order valence-electron chi connectivity index (χ1n) is 6.93. The molecule has 2 aliphatic heterocycles. The summed E-state index contributed by atoms with van der Waals surface area (Å²) in [5, 5.41) is 9.31. The third-order valence-electron chi connectivity index (χ3n) is 4.49. The highest BCUT2D eigenvalue weighted by molar-refractivity contribution is 5.10. The molecule has 2 saturated heterocycles. The molecule has 1 spiro atoms. The molecule has 3 heterocycles. The minimum Gasteiger partial charge on any atom is -0.396 e. The van der Waals surface area contributed by atoms with E-state index in [1.165, 1.54) is 0 Å². The molecule has 3 rings (SSSR count). The lowest BCUT2D eigenvalue weighted by Gasteiger charge is -2.52. The highest BCUT2D eigenvalue weighted by atomic mass is 16.3. The predicted molar refractivity (Wildman–Crippen MR) is 72.6 cm³/mol. The van der Waals surface area contributed by atoms with Crippen molar-refractivity contribution in [3.05, 3.63) is 23.8 Å². The molecule has 0 amide bonds. The van der Waals surface area contributed by atoms with Crippen molar-refractivity contribution in [1.29, 1.82) is 0 Å². The number of aryl methyl sites for hydroxylation is 1. The molecular formula is C14H22N4O. The number of hydrogen-bond acceptors (Lipinski definition) is 5. The van der Waals surface area contributed by atoms with Gasteiger partial charge in [0.25, 0.3) is 0 Å². The molecule has 0 saturated carbocycles. The number of aromatic nitrogens is 2. The topological polar surface area (TPSA) is 52.5 Å². The average molecular weight is 262 g/mol. The molecule has 0 aliphatic carbocycles. The second-order valence-electron chi connectivity index (χ2n) is 6.15. The van der Waals surface area contributed by atoms with Gasteiger partial charge in [-0.05, 0) is 26.3 Å². The molecule has 104 valence electrons. The summed E-state index contributed by atoms with van der Waals surface area (Å²) in [6.07, 6.45) is 4.76. The zero-order chi connectivity index (χ0) is 13.5. The number of likely N-dealkylation sites (tertiary alicyclic amines) is 2. The fourth-order valence-corrected chi connectivity index (χ4v) is 3.55. The van der Waals surface area contributed by atoms with Gasteiger partial charge in [-0.1, -0.05) is 0 Å². The lowest BCUT2D eigenvalue weighted by molar-refractivity contribution is -0.0230. The zero-order valence-corrected chi connectivity index (χ0v) is 11.7. The van der Waals surface area contributed by atoms with Crippen molar-refractivity contribution in [2.24, 2.45) is 5.92 Å². The highest BCUT2D eigenvalue weighted by Crippen LogP contribution is 2.39. The fraction of sp³-hybridized carbons (Fsp3) is 0.714. The van der Waals surface area contributed by atoms with Crippen molar-refractivity contribution in [2.75, 3.05) is 33.3 Å². The Morgan fingerprint density at radius 3 is 2.84 bits per heavy atom. The smallest absolute Gasteiger partial charge is 0.0730 e. The van der Waals surface area contributed by atoms with E-state index in [0.717, 1.165) is 44.0 Å². The van der Waals surface area contributed by atoms with E-state index in [-0.39, 0.29) is 0 Å². The van der Waals surface area contributed by atoms with Gasteiger partial charge in [0.15, 0.2) is 0 Å². The first-order valence-corrected chi connectivity index (χ1v) is 6.93. The summed E-state index contributed by atoms with van der Waals surface area (Å²) in [4.78, 5) is 13.5. The second kappa shape index (κ2) is 4.81. The van der Waals surface area contributed by atoms with Crippen LogP contribution in [0.3, 0.4) is 0 Å². The largest absolute Gasteiger partial charge is 0.396 e. The van der Waals surface area contributed by atoms with Crippen LogP contribution in [0.4, 0.5) is 0 Å². The number of aliphatic hydroxyl groups is 1. The van der Waals surface area contributed by atoms with Gasteiger partial charge in [0.2, 0.25) is 0 Å². The Balaban J connectivity index is 1.58. The monoisotopic (exact) mass is 262 g/mol. The Morgan fingerprint density at radius 1 is 1.42 bits per heavy atom. The van der Waals surface area contributed by atoms with E-state index >= 15 is 0 Å². The summed E-state index contributed by atoms with van der Waals surface area (Å²) in [6.45, 7) is 6.36. The third-order valence-corrected chi connectivity index (χ3v) is 4.49. The maximum atomic E-state index is 9.31.